The molecular weight excluding hydrogens is 468 g/mol. The summed E-state index contributed by atoms with van der Waals surface area (Å²) >= 11 is 0. The zero-order valence-corrected chi connectivity index (χ0v) is 22.8. The van der Waals surface area contributed by atoms with Crippen LogP contribution in [0, 0.1) is 0 Å². The van der Waals surface area contributed by atoms with Crippen LogP contribution in [-0.2, 0) is 17.4 Å². The average molecular weight is 507 g/mol. The summed E-state index contributed by atoms with van der Waals surface area (Å²) in [5.41, 5.74) is 10.6. The summed E-state index contributed by atoms with van der Waals surface area (Å²) in [7, 11) is 0.104. The lowest BCUT2D eigenvalue weighted by atomic mass is 9.89. The minimum absolute atomic E-state index is 0.134. The fourth-order valence-electron chi connectivity index (χ4n) is 4.17. The minimum Gasteiger partial charge on any atom is -0.497 e. The Morgan fingerprint density at radius 2 is 1.89 bits per heavy atom. The number of hydrogen-bond acceptors (Lipinski definition) is 4. The molecule has 0 aromatic heterocycles. The van der Waals surface area contributed by atoms with Crippen molar-refractivity contribution in [3.05, 3.63) is 90.0 Å². The first-order valence-electron chi connectivity index (χ1n) is 12.3. The van der Waals surface area contributed by atoms with Crippen LogP contribution in [0.1, 0.15) is 63.3 Å². The molecule has 0 radical (unpaired) electrons. The molecule has 3 N–H and O–H groups in total. The molecule has 1 heterocycles. The van der Waals surface area contributed by atoms with E-state index in [1.165, 1.54) is 18.4 Å². The molecule has 1 aliphatic rings. The van der Waals surface area contributed by atoms with Gasteiger partial charge in [-0.15, -0.1) is 0 Å². The summed E-state index contributed by atoms with van der Waals surface area (Å²) in [6.45, 7) is 12.2. The molecular formula is C30H38N2O3S. The van der Waals surface area contributed by atoms with Gasteiger partial charge in [0.2, 0.25) is 0 Å². The molecule has 0 aliphatic carbocycles. The predicted molar refractivity (Wildman–Crippen MR) is 151 cm³/mol. The number of nitrogens with one attached hydrogen (secondary N) is 1. The molecule has 4 rings (SSSR count). The molecule has 6 heteroatoms. The number of nitrogens with two attached hydrogens (primary N) is 1. The largest absolute Gasteiger partial charge is 0.497 e. The van der Waals surface area contributed by atoms with Gasteiger partial charge in [0, 0.05) is 18.1 Å². The summed E-state index contributed by atoms with van der Waals surface area (Å²) in [5, 5.41) is 0. The third-order valence-electron chi connectivity index (χ3n) is 6.01. The van der Waals surface area contributed by atoms with Gasteiger partial charge in [-0.3, -0.25) is 0 Å². The van der Waals surface area contributed by atoms with E-state index in [0.717, 1.165) is 22.4 Å². The van der Waals surface area contributed by atoms with E-state index >= 15 is 0 Å². The van der Waals surface area contributed by atoms with Crippen LogP contribution in [0.3, 0.4) is 0 Å². The van der Waals surface area contributed by atoms with Crippen molar-refractivity contribution in [3.8, 4) is 11.5 Å². The minimum atomic E-state index is -1.47. The summed E-state index contributed by atoms with van der Waals surface area (Å²) in [4.78, 5) is 0.540. The normalized spacial score (nSPS) is 16.5. The molecule has 0 bridgehead atoms. The van der Waals surface area contributed by atoms with E-state index in [0.29, 0.717) is 22.8 Å². The number of allylic oxidation sites excluding steroid dienone is 1. The monoisotopic (exact) mass is 506 g/mol. The van der Waals surface area contributed by atoms with Crippen LogP contribution >= 0.6 is 0 Å². The Bertz CT molecular complexity index is 1210. The van der Waals surface area contributed by atoms with Crippen molar-refractivity contribution in [2.45, 2.75) is 63.5 Å². The number of nitrogen functional groups attached to an aromatic ring is 1. The molecule has 0 amide bonds. The zero-order chi connectivity index (χ0) is 26.3. The van der Waals surface area contributed by atoms with Gasteiger partial charge in [0.05, 0.1) is 23.7 Å². The fraction of sp³-hybridized carbons (Fsp3) is 0.333. The smallest absolute Gasteiger partial charge is 0.127 e. The Morgan fingerprint density at radius 3 is 2.50 bits per heavy atom. The maximum Gasteiger partial charge on any atom is 0.127 e. The third-order valence-corrected chi connectivity index (χ3v) is 7.28. The molecule has 192 valence electrons. The van der Waals surface area contributed by atoms with Gasteiger partial charge in [-0.25, -0.2) is 8.93 Å². The average Bonchev–Trinajstić information content (AvgIpc) is 2.84. The number of hydrogen-bond donors (Lipinski definition) is 2. The molecule has 0 spiro atoms. The molecule has 1 aliphatic heterocycles. The maximum absolute atomic E-state index is 13.0. The predicted octanol–water partition coefficient (Wildman–Crippen LogP) is 6.86. The summed E-state index contributed by atoms with van der Waals surface area (Å²) in [6.07, 6.45) is 3.13. The SMILES string of the molecule is C=C(C)c1ccc2c(c1)C(NS(=O)c1ccc(OC)cc1N)CC(C)(C)O2.CCCc1ccccc1. The second-order valence-electron chi connectivity index (χ2n) is 9.68. The topological polar surface area (TPSA) is 73.6 Å². The highest BCUT2D eigenvalue weighted by molar-refractivity contribution is 7.83. The van der Waals surface area contributed by atoms with Crippen molar-refractivity contribution in [2.75, 3.05) is 12.8 Å². The highest BCUT2D eigenvalue weighted by Crippen LogP contribution is 2.41. The van der Waals surface area contributed by atoms with Gasteiger partial charge >= 0.3 is 0 Å². The summed E-state index contributed by atoms with van der Waals surface area (Å²) in [6, 6.07) is 21.6. The molecule has 0 fully saturated rings. The highest BCUT2D eigenvalue weighted by Gasteiger charge is 2.35. The van der Waals surface area contributed by atoms with E-state index in [9.17, 15) is 4.21 Å². The number of anilines is 1. The van der Waals surface area contributed by atoms with Crippen molar-refractivity contribution in [1.82, 2.24) is 4.72 Å². The molecule has 3 aromatic carbocycles. The second kappa shape index (κ2) is 12.2. The number of benzene rings is 3. The zero-order valence-electron chi connectivity index (χ0n) is 22.0. The fourth-order valence-corrected chi connectivity index (χ4v) is 5.23. The van der Waals surface area contributed by atoms with Gasteiger partial charge < -0.3 is 15.2 Å². The Kier molecular flexibility index (Phi) is 9.35. The quantitative estimate of drug-likeness (QED) is 0.343. The van der Waals surface area contributed by atoms with Crippen LogP contribution < -0.4 is 19.9 Å². The van der Waals surface area contributed by atoms with Crippen molar-refractivity contribution in [1.29, 1.82) is 0 Å². The number of rotatable bonds is 7. The molecule has 2 atom stereocenters. The Labute approximate surface area is 218 Å². The maximum atomic E-state index is 13.0. The van der Waals surface area contributed by atoms with Gasteiger partial charge in [-0.1, -0.05) is 61.9 Å². The molecule has 5 nitrogen and oxygen atoms in total. The van der Waals surface area contributed by atoms with Crippen LogP contribution in [-0.4, -0.2) is 16.9 Å². The van der Waals surface area contributed by atoms with Crippen LogP contribution in [0.5, 0.6) is 11.5 Å². The Morgan fingerprint density at radius 1 is 1.17 bits per heavy atom. The van der Waals surface area contributed by atoms with Crippen LogP contribution in [0.25, 0.3) is 5.57 Å². The third kappa shape index (κ3) is 7.21. The molecule has 36 heavy (non-hydrogen) atoms. The number of aryl methyl sites for hydroxylation is 1. The first-order chi connectivity index (χ1) is 17.1. The first kappa shape index (κ1) is 27.5. The summed E-state index contributed by atoms with van der Waals surface area (Å²) in [5.74, 6) is 1.44. The van der Waals surface area contributed by atoms with E-state index in [1.807, 2.05) is 32.9 Å². The van der Waals surface area contributed by atoms with Gasteiger partial charge in [0.25, 0.3) is 0 Å². The van der Waals surface area contributed by atoms with E-state index in [2.05, 4.69) is 54.6 Å². The number of ether oxygens (including phenoxy) is 2. The Hall–Kier alpha value is -3.09. The van der Waals surface area contributed by atoms with Crippen molar-refractivity contribution in [3.63, 3.8) is 0 Å². The van der Waals surface area contributed by atoms with E-state index in [1.54, 1.807) is 25.3 Å². The lowest BCUT2D eigenvalue weighted by Crippen LogP contribution is -2.40. The lowest BCUT2D eigenvalue weighted by molar-refractivity contribution is 0.0704. The number of fused-ring (bicyclic) bond motifs is 1. The van der Waals surface area contributed by atoms with Crippen LogP contribution in [0.4, 0.5) is 5.69 Å². The van der Waals surface area contributed by atoms with E-state index in [-0.39, 0.29) is 11.6 Å². The van der Waals surface area contributed by atoms with Gasteiger partial charge in [0.15, 0.2) is 0 Å². The van der Waals surface area contributed by atoms with E-state index in [4.69, 9.17) is 15.2 Å². The van der Waals surface area contributed by atoms with Crippen LogP contribution in [0.2, 0.25) is 0 Å². The molecule has 3 aromatic rings. The standard InChI is InChI=1S/C21H26N2O3S.C9H12/c1-13(2)14-6-8-19-16(10-14)18(12-21(3,4)26-19)23-27(24)20-9-7-15(25-5)11-17(20)22;1-2-6-9-7-4-3-5-8-9/h6-11,18,23H,1,12,22H2,2-5H3;3-5,7-8H,2,6H2,1H3. The van der Waals surface area contributed by atoms with Gasteiger partial charge in [-0.2, -0.15) is 0 Å². The second-order valence-corrected chi connectivity index (χ2v) is 10.9. The first-order valence-corrected chi connectivity index (χ1v) is 13.4. The Balaban J connectivity index is 0.000000338. The van der Waals surface area contributed by atoms with E-state index < -0.39 is 11.0 Å². The lowest BCUT2D eigenvalue weighted by Gasteiger charge is -2.38. The van der Waals surface area contributed by atoms with Crippen molar-refractivity contribution >= 4 is 22.2 Å². The highest BCUT2D eigenvalue weighted by atomic mass is 32.2. The molecule has 2 unspecified atom stereocenters. The number of methoxy groups -OCH3 is 1. The van der Waals surface area contributed by atoms with Crippen molar-refractivity contribution < 1.29 is 13.7 Å². The summed E-state index contributed by atoms with van der Waals surface area (Å²) < 4.78 is 27.5. The van der Waals surface area contributed by atoms with Gasteiger partial charge in [0.1, 0.15) is 28.1 Å². The molecule has 0 saturated heterocycles. The van der Waals surface area contributed by atoms with Gasteiger partial charge in [-0.05, 0) is 62.6 Å². The van der Waals surface area contributed by atoms with Crippen molar-refractivity contribution in [2.24, 2.45) is 0 Å². The molecule has 0 saturated carbocycles. The van der Waals surface area contributed by atoms with Crippen LogP contribution in [0.15, 0.2) is 78.2 Å².